The zero-order chi connectivity index (χ0) is 7.84. The number of pyridine rings is 1. The van der Waals surface area contributed by atoms with Gasteiger partial charge in [-0.1, -0.05) is 0 Å². The molecule has 0 saturated carbocycles. The van der Waals surface area contributed by atoms with Crippen molar-refractivity contribution in [3.05, 3.63) is 22.0 Å². The predicted octanol–water partition coefficient (Wildman–Crippen LogP) is -0.108. The molecule has 11 heavy (non-hydrogen) atoms. The van der Waals surface area contributed by atoms with E-state index < -0.39 is 0 Å². The first kappa shape index (κ1) is 6.27. The van der Waals surface area contributed by atoms with Gasteiger partial charge in [-0.2, -0.15) is 0 Å². The van der Waals surface area contributed by atoms with Crippen LogP contribution in [0.25, 0.3) is 0 Å². The molecule has 0 unspecified atom stereocenters. The molecule has 2 heterocycles. The van der Waals surface area contributed by atoms with E-state index in [0.717, 1.165) is 12.0 Å². The van der Waals surface area contributed by atoms with Crippen molar-refractivity contribution < 1.29 is 4.74 Å². The molecule has 1 aliphatic rings. The SMILES string of the molecule is Nc1[nH]c(=O)cc2c1CCO2. The largest absolute Gasteiger partial charge is 0.493 e. The van der Waals surface area contributed by atoms with Gasteiger partial charge in [0.1, 0.15) is 11.6 Å². The van der Waals surface area contributed by atoms with Crippen molar-refractivity contribution in [1.29, 1.82) is 0 Å². The molecule has 0 radical (unpaired) electrons. The average Bonchev–Trinajstić information content (AvgIpc) is 2.34. The van der Waals surface area contributed by atoms with E-state index in [1.54, 1.807) is 0 Å². The smallest absolute Gasteiger partial charge is 0.253 e. The lowest BCUT2D eigenvalue weighted by molar-refractivity contribution is 0.356. The van der Waals surface area contributed by atoms with Crippen LogP contribution in [-0.2, 0) is 6.42 Å². The second kappa shape index (κ2) is 2.02. The molecule has 2 rings (SSSR count). The number of hydrogen-bond acceptors (Lipinski definition) is 3. The van der Waals surface area contributed by atoms with Gasteiger partial charge in [0, 0.05) is 18.1 Å². The predicted molar refractivity (Wildman–Crippen MR) is 40.7 cm³/mol. The topological polar surface area (TPSA) is 68.1 Å². The molecule has 4 nitrogen and oxygen atoms in total. The fourth-order valence-corrected chi connectivity index (χ4v) is 1.23. The molecular weight excluding hydrogens is 144 g/mol. The maximum Gasteiger partial charge on any atom is 0.253 e. The number of nitrogens with one attached hydrogen (secondary N) is 1. The second-order valence-electron chi connectivity index (χ2n) is 2.49. The second-order valence-corrected chi connectivity index (χ2v) is 2.49. The Bertz CT molecular complexity index is 343. The molecule has 0 amide bonds. The summed E-state index contributed by atoms with van der Waals surface area (Å²) >= 11 is 0. The van der Waals surface area contributed by atoms with Crippen LogP contribution in [0.5, 0.6) is 5.75 Å². The minimum Gasteiger partial charge on any atom is -0.493 e. The third-order valence-corrected chi connectivity index (χ3v) is 1.75. The number of ether oxygens (including phenoxy) is 1. The third-order valence-electron chi connectivity index (χ3n) is 1.75. The lowest BCUT2D eigenvalue weighted by Crippen LogP contribution is -2.08. The minimum atomic E-state index is -0.205. The number of fused-ring (bicyclic) bond motifs is 1. The number of aromatic nitrogens is 1. The minimum absolute atomic E-state index is 0.205. The number of aromatic amines is 1. The fraction of sp³-hybridized carbons (Fsp3) is 0.286. The summed E-state index contributed by atoms with van der Waals surface area (Å²) in [6, 6.07) is 1.43. The highest BCUT2D eigenvalue weighted by Gasteiger charge is 2.15. The van der Waals surface area contributed by atoms with Crippen molar-refractivity contribution in [2.75, 3.05) is 12.3 Å². The number of nitrogens with two attached hydrogens (primary N) is 1. The van der Waals surface area contributed by atoms with Crippen LogP contribution in [0.15, 0.2) is 10.9 Å². The van der Waals surface area contributed by atoms with Gasteiger partial charge in [0.15, 0.2) is 0 Å². The van der Waals surface area contributed by atoms with Gasteiger partial charge in [-0.05, 0) is 0 Å². The van der Waals surface area contributed by atoms with E-state index in [0.29, 0.717) is 18.2 Å². The number of H-pyrrole nitrogens is 1. The summed E-state index contributed by atoms with van der Waals surface area (Å²) in [4.78, 5) is 13.3. The zero-order valence-corrected chi connectivity index (χ0v) is 5.89. The molecule has 0 aromatic carbocycles. The molecule has 3 N–H and O–H groups in total. The Morgan fingerprint density at radius 2 is 2.45 bits per heavy atom. The zero-order valence-electron chi connectivity index (χ0n) is 5.89. The summed E-state index contributed by atoms with van der Waals surface area (Å²) in [7, 11) is 0. The highest BCUT2D eigenvalue weighted by Crippen LogP contribution is 2.25. The third kappa shape index (κ3) is 0.869. The summed E-state index contributed by atoms with van der Waals surface area (Å²) in [5, 5.41) is 0. The first-order chi connectivity index (χ1) is 5.27. The molecule has 1 aliphatic heterocycles. The van der Waals surface area contributed by atoms with E-state index in [2.05, 4.69) is 4.98 Å². The number of hydrogen-bond donors (Lipinski definition) is 2. The molecule has 58 valence electrons. The fourth-order valence-electron chi connectivity index (χ4n) is 1.23. The van der Waals surface area contributed by atoms with E-state index in [4.69, 9.17) is 10.5 Å². The van der Waals surface area contributed by atoms with Crippen molar-refractivity contribution in [3.8, 4) is 5.75 Å². The summed E-state index contributed by atoms with van der Waals surface area (Å²) in [6.07, 6.45) is 0.790. The van der Waals surface area contributed by atoms with Crippen molar-refractivity contribution in [2.45, 2.75) is 6.42 Å². The quantitative estimate of drug-likeness (QED) is 0.545. The Balaban J connectivity index is 2.70. The molecule has 0 spiro atoms. The standard InChI is InChI=1S/C7H8N2O2/c8-7-4-1-2-11-5(4)3-6(10)9-7/h3H,1-2H2,(H3,8,9,10). The molecule has 1 aromatic heterocycles. The Hall–Kier alpha value is -1.45. The van der Waals surface area contributed by atoms with Crippen LogP contribution in [0.4, 0.5) is 5.82 Å². The van der Waals surface area contributed by atoms with Crippen molar-refractivity contribution in [3.63, 3.8) is 0 Å². The summed E-state index contributed by atoms with van der Waals surface area (Å²) in [6.45, 7) is 0.622. The van der Waals surface area contributed by atoms with Crippen LogP contribution in [0.2, 0.25) is 0 Å². The van der Waals surface area contributed by atoms with Crippen LogP contribution in [0.3, 0.4) is 0 Å². The van der Waals surface area contributed by atoms with Crippen molar-refractivity contribution >= 4 is 5.82 Å². The molecule has 0 saturated heterocycles. The van der Waals surface area contributed by atoms with E-state index in [1.165, 1.54) is 6.07 Å². The Morgan fingerprint density at radius 1 is 1.64 bits per heavy atom. The van der Waals surface area contributed by atoms with Gasteiger partial charge in [0.05, 0.1) is 6.61 Å². The monoisotopic (exact) mass is 152 g/mol. The van der Waals surface area contributed by atoms with Crippen LogP contribution >= 0.6 is 0 Å². The first-order valence-electron chi connectivity index (χ1n) is 3.42. The summed E-state index contributed by atoms with van der Waals surface area (Å²) in [5.74, 6) is 1.07. The molecular formula is C7H8N2O2. The molecule has 0 bridgehead atoms. The lowest BCUT2D eigenvalue weighted by Gasteiger charge is -1.99. The Kier molecular flexibility index (Phi) is 1.15. The average molecular weight is 152 g/mol. The van der Waals surface area contributed by atoms with Gasteiger partial charge in [0.25, 0.3) is 5.56 Å². The molecule has 0 fully saturated rings. The van der Waals surface area contributed by atoms with E-state index in [9.17, 15) is 4.79 Å². The van der Waals surface area contributed by atoms with Crippen LogP contribution < -0.4 is 16.0 Å². The number of anilines is 1. The Morgan fingerprint density at radius 3 is 3.27 bits per heavy atom. The highest BCUT2D eigenvalue weighted by molar-refractivity contribution is 5.50. The van der Waals surface area contributed by atoms with Crippen molar-refractivity contribution in [2.24, 2.45) is 0 Å². The van der Waals surface area contributed by atoms with Crippen molar-refractivity contribution in [1.82, 2.24) is 4.98 Å². The molecule has 0 aliphatic carbocycles. The molecule has 1 aromatic rings. The van der Waals surface area contributed by atoms with Gasteiger partial charge in [0.2, 0.25) is 0 Å². The molecule has 4 heteroatoms. The van der Waals surface area contributed by atoms with Crippen LogP contribution in [-0.4, -0.2) is 11.6 Å². The maximum absolute atomic E-state index is 10.8. The van der Waals surface area contributed by atoms with E-state index in [1.807, 2.05) is 0 Å². The van der Waals surface area contributed by atoms with Crippen LogP contribution in [0, 0.1) is 0 Å². The van der Waals surface area contributed by atoms with E-state index >= 15 is 0 Å². The summed E-state index contributed by atoms with van der Waals surface area (Å²) in [5.41, 5.74) is 6.25. The Labute approximate surface area is 63.0 Å². The first-order valence-corrected chi connectivity index (χ1v) is 3.42. The number of nitrogen functional groups attached to an aromatic ring is 1. The highest BCUT2D eigenvalue weighted by atomic mass is 16.5. The normalized spacial score (nSPS) is 14.2. The van der Waals surface area contributed by atoms with Gasteiger partial charge < -0.3 is 15.5 Å². The lowest BCUT2D eigenvalue weighted by atomic mass is 10.2. The summed E-state index contributed by atoms with van der Waals surface area (Å²) < 4.78 is 5.16. The molecule has 0 atom stereocenters. The van der Waals surface area contributed by atoms with Gasteiger partial charge in [-0.3, -0.25) is 4.79 Å². The van der Waals surface area contributed by atoms with Crippen LogP contribution in [0.1, 0.15) is 5.56 Å². The van der Waals surface area contributed by atoms with Gasteiger partial charge in [-0.15, -0.1) is 0 Å². The maximum atomic E-state index is 10.8. The number of rotatable bonds is 0. The van der Waals surface area contributed by atoms with Gasteiger partial charge in [-0.25, -0.2) is 0 Å². The van der Waals surface area contributed by atoms with E-state index in [-0.39, 0.29) is 5.56 Å². The van der Waals surface area contributed by atoms with Gasteiger partial charge >= 0.3 is 0 Å².